The maximum Gasteiger partial charge on any atom is 0.340 e. The molecule has 1 aliphatic rings. The van der Waals surface area contributed by atoms with E-state index >= 15 is 0 Å². The molecule has 0 spiro atoms. The number of rotatable bonds is 8. The van der Waals surface area contributed by atoms with Gasteiger partial charge in [-0.1, -0.05) is 12.1 Å². The number of benzene rings is 1. The maximum absolute atomic E-state index is 13.0. The van der Waals surface area contributed by atoms with Crippen LogP contribution in [0.4, 0.5) is 5.69 Å². The second kappa shape index (κ2) is 10.5. The van der Waals surface area contributed by atoms with Gasteiger partial charge in [-0.05, 0) is 37.1 Å². The molecule has 31 heavy (non-hydrogen) atoms. The fraction of sp³-hybridized carbons (Fsp3) is 0.478. The number of nitrogens with one attached hydrogen (secondary N) is 1. The predicted octanol–water partition coefficient (Wildman–Crippen LogP) is 2.54. The molecule has 1 aliphatic heterocycles. The number of aromatic amines is 1. The number of ether oxygens (including phenoxy) is 3. The van der Waals surface area contributed by atoms with Gasteiger partial charge in [-0.15, -0.1) is 0 Å². The number of H-pyrrole nitrogens is 1. The zero-order chi connectivity index (χ0) is 22.4. The highest BCUT2D eigenvalue weighted by Gasteiger charge is 2.25. The fourth-order valence-corrected chi connectivity index (χ4v) is 3.73. The van der Waals surface area contributed by atoms with Crippen LogP contribution < -0.4 is 4.90 Å². The lowest BCUT2D eigenvalue weighted by atomic mass is 10.1. The van der Waals surface area contributed by atoms with Crippen molar-refractivity contribution in [2.75, 3.05) is 58.6 Å². The number of hydrogen-bond donors (Lipinski definition) is 1. The average Bonchev–Trinajstić information content (AvgIpc) is 3.08. The summed E-state index contributed by atoms with van der Waals surface area (Å²) < 4.78 is 15.5. The maximum atomic E-state index is 13.0. The Kier molecular flexibility index (Phi) is 7.70. The zero-order valence-corrected chi connectivity index (χ0v) is 18.7. The summed E-state index contributed by atoms with van der Waals surface area (Å²) in [5.74, 6) is -0.627. The van der Waals surface area contributed by atoms with Crippen molar-refractivity contribution in [3.05, 3.63) is 52.3 Å². The van der Waals surface area contributed by atoms with Gasteiger partial charge in [0.1, 0.15) is 12.3 Å². The first-order valence-corrected chi connectivity index (χ1v) is 10.4. The molecule has 0 radical (unpaired) electrons. The number of aromatic nitrogens is 1. The molecule has 1 aromatic heterocycles. The molecule has 1 amide bonds. The number of morpholine rings is 1. The average molecular weight is 430 g/mol. The first kappa shape index (κ1) is 22.8. The van der Waals surface area contributed by atoms with Crippen LogP contribution in [0.15, 0.2) is 24.3 Å². The second-order valence-corrected chi connectivity index (χ2v) is 7.68. The lowest BCUT2D eigenvalue weighted by Gasteiger charge is -2.29. The molecule has 1 saturated heterocycles. The Morgan fingerprint density at radius 2 is 1.81 bits per heavy atom. The number of carbonyl (C=O) groups excluding carboxylic acids is 2. The quantitative estimate of drug-likeness (QED) is 0.513. The first-order valence-electron chi connectivity index (χ1n) is 10.4. The smallest absolute Gasteiger partial charge is 0.340 e. The van der Waals surface area contributed by atoms with Crippen LogP contribution in [-0.2, 0) is 20.8 Å². The van der Waals surface area contributed by atoms with Crippen molar-refractivity contribution in [3.63, 3.8) is 0 Å². The molecule has 0 bridgehead atoms. The Bertz CT molecular complexity index is 901. The Hall–Kier alpha value is -2.84. The number of esters is 1. The monoisotopic (exact) mass is 429 g/mol. The van der Waals surface area contributed by atoms with Crippen LogP contribution in [0.5, 0.6) is 0 Å². The molecule has 1 aromatic carbocycles. The van der Waals surface area contributed by atoms with Crippen LogP contribution in [-0.4, -0.2) is 75.4 Å². The van der Waals surface area contributed by atoms with Crippen LogP contribution in [0, 0.1) is 13.8 Å². The number of hydrogen-bond acceptors (Lipinski definition) is 6. The Morgan fingerprint density at radius 3 is 2.45 bits per heavy atom. The highest BCUT2D eigenvalue weighted by molar-refractivity contribution is 6.00. The third kappa shape index (κ3) is 5.45. The fourth-order valence-electron chi connectivity index (χ4n) is 3.73. The summed E-state index contributed by atoms with van der Waals surface area (Å²) in [6, 6.07) is 8.24. The zero-order valence-electron chi connectivity index (χ0n) is 18.7. The molecular formula is C23H31N3O5. The molecule has 0 aliphatic carbocycles. The number of anilines is 1. The molecule has 1 N–H and O–H groups in total. The summed E-state index contributed by atoms with van der Waals surface area (Å²) in [6.07, 6.45) is 0. The van der Waals surface area contributed by atoms with Gasteiger partial charge in [0.25, 0.3) is 5.91 Å². The highest BCUT2D eigenvalue weighted by Crippen LogP contribution is 2.22. The van der Waals surface area contributed by atoms with Gasteiger partial charge in [0.15, 0.2) is 0 Å². The van der Waals surface area contributed by atoms with E-state index in [0.29, 0.717) is 35.7 Å². The summed E-state index contributed by atoms with van der Waals surface area (Å²) in [4.78, 5) is 32.4. The van der Waals surface area contributed by atoms with Gasteiger partial charge in [-0.3, -0.25) is 4.79 Å². The minimum Gasteiger partial charge on any atom is -0.460 e. The normalized spacial score (nSPS) is 13.9. The summed E-state index contributed by atoms with van der Waals surface area (Å²) in [7, 11) is 3.30. The van der Waals surface area contributed by atoms with Gasteiger partial charge in [0, 0.05) is 45.2 Å². The van der Waals surface area contributed by atoms with Gasteiger partial charge in [-0.2, -0.15) is 0 Å². The minimum absolute atomic E-state index is 0.170. The molecule has 2 aromatic rings. The van der Waals surface area contributed by atoms with Crippen LogP contribution in [0.3, 0.4) is 0 Å². The number of amides is 1. The Labute approximate surface area is 183 Å². The van der Waals surface area contributed by atoms with E-state index in [0.717, 1.165) is 37.6 Å². The third-order valence-electron chi connectivity index (χ3n) is 5.46. The lowest BCUT2D eigenvalue weighted by Crippen LogP contribution is -2.36. The second-order valence-electron chi connectivity index (χ2n) is 7.68. The molecule has 2 heterocycles. The molecule has 8 heteroatoms. The summed E-state index contributed by atoms with van der Waals surface area (Å²) in [6.45, 7) is 7.75. The van der Waals surface area contributed by atoms with Crippen molar-refractivity contribution in [2.24, 2.45) is 0 Å². The summed E-state index contributed by atoms with van der Waals surface area (Å²) in [5.41, 5.74) is 4.22. The van der Waals surface area contributed by atoms with E-state index in [2.05, 4.69) is 22.0 Å². The van der Waals surface area contributed by atoms with Gasteiger partial charge >= 0.3 is 5.97 Å². The van der Waals surface area contributed by atoms with Gasteiger partial charge < -0.3 is 29.0 Å². The van der Waals surface area contributed by atoms with E-state index in [1.54, 1.807) is 32.9 Å². The standard InChI is InChI=1S/C23H31N3O5/c1-16-20(23(28)31-14-13-29-4)17(2)24-21(16)22(27)25(3)15-18-5-7-19(8-6-18)26-9-11-30-12-10-26/h5-8,24H,9-15H2,1-4H3. The largest absolute Gasteiger partial charge is 0.460 e. The first-order chi connectivity index (χ1) is 14.9. The van der Waals surface area contributed by atoms with Gasteiger partial charge in [-0.25, -0.2) is 4.79 Å². The SMILES string of the molecule is COCCOC(=O)c1c(C)[nH]c(C(=O)N(C)Cc2ccc(N3CCOCC3)cc2)c1C. The molecule has 1 fully saturated rings. The minimum atomic E-state index is -0.455. The molecule has 8 nitrogen and oxygen atoms in total. The van der Waals surface area contributed by atoms with E-state index in [9.17, 15) is 9.59 Å². The molecule has 0 saturated carbocycles. The van der Waals surface area contributed by atoms with Crippen LogP contribution in [0.2, 0.25) is 0 Å². The van der Waals surface area contributed by atoms with Crippen molar-refractivity contribution in [2.45, 2.75) is 20.4 Å². The van der Waals surface area contributed by atoms with Crippen LogP contribution >= 0.6 is 0 Å². The van der Waals surface area contributed by atoms with Crippen molar-refractivity contribution < 1.29 is 23.8 Å². The van der Waals surface area contributed by atoms with E-state index < -0.39 is 5.97 Å². The summed E-state index contributed by atoms with van der Waals surface area (Å²) >= 11 is 0. The van der Waals surface area contributed by atoms with E-state index in [4.69, 9.17) is 14.2 Å². The molecule has 0 unspecified atom stereocenters. The van der Waals surface area contributed by atoms with E-state index in [1.165, 1.54) is 0 Å². The van der Waals surface area contributed by atoms with Crippen molar-refractivity contribution in [1.29, 1.82) is 0 Å². The van der Waals surface area contributed by atoms with Crippen molar-refractivity contribution in [1.82, 2.24) is 9.88 Å². The number of aryl methyl sites for hydroxylation is 1. The van der Waals surface area contributed by atoms with Crippen molar-refractivity contribution >= 4 is 17.6 Å². The molecule has 3 rings (SSSR count). The summed E-state index contributed by atoms with van der Waals surface area (Å²) in [5, 5.41) is 0. The Balaban J connectivity index is 1.66. The van der Waals surface area contributed by atoms with E-state index in [1.807, 2.05) is 12.1 Å². The van der Waals surface area contributed by atoms with Gasteiger partial charge in [0.05, 0.1) is 25.4 Å². The van der Waals surface area contributed by atoms with Crippen LogP contribution in [0.25, 0.3) is 0 Å². The molecular weight excluding hydrogens is 398 g/mol. The predicted molar refractivity (Wildman–Crippen MR) is 118 cm³/mol. The number of nitrogens with zero attached hydrogens (tertiary/aromatic N) is 2. The topological polar surface area (TPSA) is 84.1 Å². The molecule has 0 atom stereocenters. The number of methoxy groups -OCH3 is 1. The number of carbonyl (C=O) groups is 2. The lowest BCUT2D eigenvalue weighted by molar-refractivity contribution is 0.0386. The highest BCUT2D eigenvalue weighted by atomic mass is 16.6. The van der Waals surface area contributed by atoms with E-state index in [-0.39, 0.29) is 12.5 Å². The Morgan fingerprint density at radius 1 is 1.13 bits per heavy atom. The molecule has 168 valence electrons. The third-order valence-corrected chi connectivity index (χ3v) is 5.46. The van der Waals surface area contributed by atoms with Crippen molar-refractivity contribution in [3.8, 4) is 0 Å². The van der Waals surface area contributed by atoms with Crippen LogP contribution in [0.1, 0.15) is 37.7 Å². The van der Waals surface area contributed by atoms with Gasteiger partial charge in [0.2, 0.25) is 0 Å².